The second-order valence-corrected chi connectivity index (χ2v) is 8.56. The normalized spacial score (nSPS) is 28.9. The fraction of sp³-hybridized carbons (Fsp3) is 0.562. The van der Waals surface area contributed by atoms with Crippen LogP contribution < -0.4 is 0 Å². The lowest BCUT2D eigenvalue weighted by Crippen LogP contribution is -2.61. The Bertz CT molecular complexity index is 697. The number of benzene rings is 1. The largest absolute Gasteiger partial charge is 0.340 e. The van der Waals surface area contributed by atoms with Crippen LogP contribution in [0, 0.1) is 18.8 Å². The molecule has 0 unspecified atom stereocenters. The zero-order chi connectivity index (χ0) is 16.2. The first-order valence-corrected chi connectivity index (χ1v) is 9.04. The van der Waals surface area contributed by atoms with Crippen molar-refractivity contribution in [2.75, 3.05) is 13.6 Å². The number of hydrogen-bond acceptors (Lipinski definition) is 3. The van der Waals surface area contributed by atoms with Gasteiger partial charge in [0.2, 0.25) is 15.9 Å². The number of nitrogens with zero attached hydrogens (tertiary/aromatic N) is 2. The molecule has 1 amide bonds. The van der Waals surface area contributed by atoms with Gasteiger partial charge < -0.3 is 4.90 Å². The van der Waals surface area contributed by atoms with Gasteiger partial charge in [0.25, 0.3) is 0 Å². The lowest BCUT2D eigenvalue weighted by atomic mass is 9.83. The van der Waals surface area contributed by atoms with Gasteiger partial charge in [0.05, 0.1) is 16.9 Å². The molecule has 2 aliphatic heterocycles. The van der Waals surface area contributed by atoms with E-state index >= 15 is 0 Å². The van der Waals surface area contributed by atoms with E-state index in [1.807, 2.05) is 20.8 Å². The predicted molar refractivity (Wildman–Crippen MR) is 83.7 cm³/mol. The van der Waals surface area contributed by atoms with E-state index in [1.54, 1.807) is 40.5 Å². The van der Waals surface area contributed by atoms with Crippen molar-refractivity contribution < 1.29 is 13.2 Å². The molecule has 1 aromatic carbocycles. The van der Waals surface area contributed by atoms with Crippen LogP contribution in [-0.2, 0) is 14.8 Å². The Kier molecular flexibility index (Phi) is 3.57. The van der Waals surface area contributed by atoms with Crippen LogP contribution in [0.15, 0.2) is 29.2 Å². The average molecular weight is 322 g/mol. The SMILES string of the molecule is Cc1ccc(S(=O)(=O)N2C[C@H]3C(=O)N(C)[C@H]3[C@@H]2C(C)C)cc1. The number of carbonyl (C=O) groups excluding carboxylic acids is 1. The van der Waals surface area contributed by atoms with E-state index in [0.717, 1.165) is 5.56 Å². The van der Waals surface area contributed by atoms with Gasteiger partial charge in [0, 0.05) is 19.6 Å². The number of β-lactam (4-membered cyclic amide) rings is 1. The van der Waals surface area contributed by atoms with Gasteiger partial charge in [-0.15, -0.1) is 0 Å². The Morgan fingerprint density at radius 3 is 2.32 bits per heavy atom. The molecule has 2 fully saturated rings. The molecule has 2 saturated heterocycles. The van der Waals surface area contributed by atoms with E-state index in [-0.39, 0.29) is 29.8 Å². The fourth-order valence-corrected chi connectivity index (χ4v) is 5.51. The van der Waals surface area contributed by atoms with E-state index in [1.165, 1.54) is 0 Å². The van der Waals surface area contributed by atoms with Crippen molar-refractivity contribution in [3.8, 4) is 0 Å². The minimum atomic E-state index is -3.57. The molecule has 0 bridgehead atoms. The van der Waals surface area contributed by atoms with Crippen molar-refractivity contribution >= 4 is 15.9 Å². The molecule has 0 radical (unpaired) electrons. The van der Waals surface area contributed by atoms with Gasteiger partial charge >= 0.3 is 0 Å². The zero-order valence-electron chi connectivity index (χ0n) is 13.4. The Hall–Kier alpha value is -1.40. The summed E-state index contributed by atoms with van der Waals surface area (Å²) >= 11 is 0. The number of likely N-dealkylation sites (N-methyl/N-ethyl adjacent to an activating group) is 1. The Labute approximate surface area is 132 Å². The lowest BCUT2D eigenvalue weighted by Gasteiger charge is -2.44. The van der Waals surface area contributed by atoms with Gasteiger partial charge in [-0.2, -0.15) is 4.31 Å². The van der Waals surface area contributed by atoms with E-state index in [0.29, 0.717) is 11.4 Å². The number of sulfonamides is 1. The van der Waals surface area contributed by atoms with Crippen LogP contribution in [-0.4, -0.2) is 49.2 Å². The van der Waals surface area contributed by atoms with Crippen LogP contribution in [0.5, 0.6) is 0 Å². The first kappa shape index (κ1) is 15.5. The van der Waals surface area contributed by atoms with Gasteiger partial charge in [0.15, 0.2) is 0 Å². The maximum absolute atomic E-state index is 13.0. The first-order chi connectivity index (χ1) is 10.2. The number of amides is 1. The summed E-state index contributed by atoms with van der Waals surface area (Å²) in [6, 6.07) is 6.76. The van der Waals surface area contributed by atoms with Crippen molar-refractivity contribution in [2.45, 2.75) is 37.8 Å². The molecule has 22 heavy (non-hydrogen) atoms. The Morgan fingerprint density at radius 1 is 1.18 bits per heavy atom. The molecule has 0 spiro atoms. The van der Waals surface area contributed by atoms with E-state index in [2.05, 4.69) is 0 Å². The van der Waals surface area contributed by atoms with E-state index < -0.39 is 10.0 Å². The fourth-order valence-electron chi connectivity index (χ4n) is 3.71. The second-order valence-electron chi connectivity index (χ2n) is 6.67. The molecule has 3 rings (SSSR count). The topological polar surface area (TPSA) is 57.7 Å². The standard InChI is InChI=1S/C16H22N2O3S/c1-10(2)14-15-13(16(19)17(15)4)9-18(14)22(20,21)12-7-5-11(3)6-8-12/h5-8,10,13-15H,9H2,1-4H3/t13-,14+,15-/m1/s1. The Morgan fingerprint density at radius 2 is 1.77 bits per heavy atom. The second kappa shape index (κ2) is 5.06. The molecule has 6 heteroatoms. The quantitative estimate of drug-likeness (QED) is 0.792. The number of aryl methyl sites for hydroxylation is 1. The third-order valence-corrected chi connectivity index (χ3v) is 6.77. The highest BCUT2D eigenvalue weighted by Gasteiger charge is 2.59. The van der Waals surface area contributed by atoms with Gasteiger partial charge in [-0.25, -0.2) is 8.42 Å². The summed E-state index contributed by atoms with van der Waals surface area (Å²) in [6.45, 7) is 6.26. The summed E-state index contributed by atoms with van der Waals surface area (Å²) in [6.07, 6.45) is 0. The van der Waals surface area contributed by atoms with Crippen molar-refractivity contribution in [3.05, 3.63) is 29.8 Å². The summed E-state index contributed by atoms with van der Waals surface area (Å²) in [5, 5.41) is 0. The summed E-state index contributed by atoms with van der Waals surface area (Å²) in [7, 11) is -1.80. The predicted octanol–water partition coefficient (Wildman–Crippen LogP) is 1.48. The maximum Gasteiger partial charge on any atom is 0.243 e. The van der Waals surface area contributed by atoms with Gasteiger partial charge in [-0.3, -0.25) is 4.79 Å². The van der Waals surface area contributed by atoms with Crippen molar-refractivity contribution in [1.82, 2.24) is 9.21 Å². The number of carbonyl (C=O) groups is 1. The Balaban J connectivity index is 1.99. The highest BCUT2D eigenvalue weighted by atomic mass is 32.2. The van der Waals surface area contributed by atoms with Gasteiger partial charge in [-0.05, 0) is 25.0 Å². The third-order valence-electron chi connectivity index (χ3n) is 4.89. The summed E-state index contributed by atoms with van der Waals surface area (Å²) < 4.78 is 27.5. The minimum absolute atomic E-state index is 0.00715. The number of hydrogen-bond donors (Lipinski definition) is 0. The average Bonchev–Trinajstić information content (AvgIpc) is 2.84. The van der Waals surface area contributed by atoms with Gasteiger partial charge in [0.1, 0.15) is 0 Å². The molecule has 120 valence electrons. The highest BCUT2D eigenvalue weighted by molar-refractivity contribution is 7.89. The minimum Gasteiger partial charge on any atom is -0.340 e. The van der Waals surface area contributed by atoms with Crippen LogP contribution in [0.3, 0.4) is 0 Å². The summed E-state index contributed by atoms with van der Waals surface area (Å²) in [5.74, 6) is 0.0284. The van der Waals surface area contributed by atoms with E-state index in [9.17, 15) is 13.2 Å². The molecule has 0 N–H and O–H groups in total. The third kappa shape index (κ3) is 2.08. The molecular formula is C16H22N2O3S. The molecule has 3 atom stereocenters. The van der Waals surface area contributed by atoms with Crippen LogP contribution >= 0.6 is 0 Å². The van der Waals surface area contributed by atoms with Crippen LogP contribution in [0.4, 0.5) is 0 Å². The lowest BCUT2D eigenvalue weighted by molar-refractivity contribution is -0.151. The van der Waals surface area contributed by atoms with Crippen molar-refractivity contribution in [1.29, 1.82) is 0 Å². The number of fused-ring (bicyclic) bond motifs is 1. The monoisotopic (exact) mass is 322 g/mol. The molecule has 0 aliphatic carbocycles. The van der Waals surface area contributed by atoms with Crippen LogP contribution in [0.2, 0.25) is 0 Å². The smallest absolute Gasteiger partial charge is 0.243 e. The molecule has 2 heterocycles. The van der Waals surface area contributed by atoms with Gasteiger partial charge in [-0.1, -0.05) is 31.5 Å². The first-order valence-electron chi connectivity index (χ1n) is 7.60. The van der Waals surface area contributed by atoms with E-state index in [4.69, 9.17) is 0 Å². The summed E-state index contributed by atoms with van der Waals surface area (Å²) in [5.41, 5.74) is 1.02. The maximum atomic E-state index is 13.0. The molecule has 1 aromatic rings. The van der Waals surface area contributed by atoms with Crippen LogP contribution in [0.1, 0.15) is 19.4 Å². The highest BCUT2D eigenvalue weighted by Crippen LogP contribution is 2.42. The molecule has 0 aromatic heterocycles. The number of rotatable bonds is 3. The summed E-state index contributed by atoms with van der Waals surface area (Å²) in [4.78, 5) is 14.0. The van der Waals surface area contributed by atoms with Crippen LogP contribution in [0.25, 0.3) is 0 Å². The molecule has 2 aliphatic rings. The molecular weight excluding hydrogens is 300 g/mol. The van der Waals surface area contributed by atoms with Crippen molar-refractivity contribution in [3.63, 3.8) is 0 Å². The van der Waals surface area contributed by atoms with Crippen molar-refractivity contribution in [2.24, 2.45) is 11.8 Å². The zero-order valence-corrected chi connectivity index (χ0v) is 14.2. The molecule has 5 nitrogen and oxygen atoms in total. The molecule has 0 saturated carbocycles. The number of likely N-dealkylation sites (tertiary alicyclic amines) is 1.